The molecule has 4 rings (SSSR count). The maximum absolute atomic E-state index is 11.7. The number of rotatable bonds is 5. The van der Waals surface area contributed by atoms with Crippen LogP contribution in [0.5, 0.6) is 0 Å². The van der Waals surface area contributed by atoms with E-state index in [-0.39, 0.29) is 11.8 Å². The van der Waals surface area contributed by atoms with Gasteiger partial charge >= 0.3 is 0 Å². The van der Waals surface area contributed by atoms with Gasteiger partial charge < -0.3 is 9.84 Å². The fourth-order valence-electron chi connectivity index (χ4n) is 2.17. The van der Waals surface area contributed by atoms with Crippen molar-refractivity contribution in [3.05, 3.63) is 41.4 Å². The Morgan fingerprint density at radius 1 is 1.30 bits per heavy atom. The maximum atomic E-state index is 11.7. The summed E-state index contributed by atoms with van der Waals surface area (Å²) in [5.74, 6) is 1.32. The van der Waals surface area contributed by atoms with Crippen LogP contribution in [0.15, 0.2) is 41.1 Å². The van der Waals surface area contributed by atoms with Crippen LogP contribution in [-0.4, -0.2) is 21.0 Å². The highest BCUT2D eigenvalue weighted by molar-refractivity contribution is 7.15. The third-order valence-corrected chi connectivity index (χ3v) is 4.66. The van der Waals surface area contributed by atoms with Crippen molar-refractivity contribution in [1.29, 1.82) is 0 Å². The highest BCUT2D eigenvalue weighted by Crippen LogP contribution is 2.30. The largest absolute Gasteiger partial charge is 0.351 e. The zero-order valence-electron chi connectivity index (χ0n) is 12.2. The van der Waals surface area contributed by atoms with Crippen LogP contribution in [0.1, 0.15) is 17.7 Å². The van der Waals surface area contributed by atoms with E-state index in [0.29, 0.717) is 24.0 Å². The van der Waals surface area contributed by atoms with E-state index in [1.165, 1.54) is 0 Å². The van der Waals surface area contributed by atoms with Crippen LogP contribution in [0.3, 0.4) is 0 Å². The van der Waals surface area contributed by atoms with E-state index in [4.69, 9.17) is 4.52 Å². The van der Waals surface area contributed by atoms with E-state index in [1.54, 1.807) is 17.5 Å². The van der Waals surface area contributed by atoms with Crippen LogP contribution in [0.25, 0.3) is 22.3 Å². The number of carbonyl (C=O) groups is 1. The summed E-state index contributed by atoms with van der Waals surface area (Å²) >= 11 is 1.55. The minimum absolute atomic E-state index is 0.150. The summed E-state index contributed by atoms with van der Waals surface area (Å²) < 4.78 is 5.27. The van der Waals surface area contributed by atoms with Gasteiger partial charge in [0.15, 0.2) is 0 Å². The molecular weight excluding hydrogens is 312 g/mol. The van der Waals surface area contributed by atoms with Crippen molar-refractivity contribution in [2.24, 2.45) is 5.92 Å². The maximum Gasteiger partial charge on any atom is 0.276 e. The van der Waals surface area contributed by atoms with E-state index >= 15 is 0 Å². The highest BCUT2D eigenvalue weighted by atomic mass is 32.1. The molecule has 1 aliphatic carbocycles. The fourth-order valence-corrected chi connectivity index (χ4v) is 3.05. The van der Waals surface area contributed by atoms with Crippen LogP contribution in [0.4, 0.5) is 0 Å². The Hall–Kier alpha value is -2.54. The second-order valence-corrected chi connectivity index (χ2v) is 6.56. The van der Waals surface area contributed by atoms with Gasteiger partial charge in [0.25, 0.3) is 5.89 Å². The minimum atomic E-state index is 0.150. The van der Waals surface area contributed by atoms with Gasteiger partial charge in [-0.2, -0.15) is 4.98 Å². The molecule has 0 atom stereocenters. The van der Waals surface area contributed by atoms with Crippen molar-refractivity contribution >= 4 is 17.2 Å². The van der Waals surface area contributed by atoms with Crippen LogP contribution < -0.4 is 5.32 Å². The van der Waals surface area contributed by atoms with Gasteiger partial charge in [-0.25, -0.2) is 0 Å². The van der Waals surface area contributed by atoms with Crippen LogP contribution in [0, 0.1) is 5.92 Å². The molecule has 116 valence electrons. The Bertz CT molecular complexity index is 823. The van der Waals surface area contributed by atoms with Crippen molar-refractivity contribution in [3.8, 4) is 22.3 Å². The van der Waals surface area contributed by atoms with E-state index in [1.807, 2.05) is 30.3 Å². The van der Waals surface area contributed by atoms with Gasteiger partial charge in [0.2, 0.25) is 11.7 Å². The number of nitrogens with zero attached hydrogens (tertiary/aromatic N) is 3. The summed E-state index contributed by atoms with van der Waals surface area (Å²) in [6, 6.07) is 9.45. The lowest BCUT2D eigenvalue weighted by atomic mass is 10.3. The predicted octanol–water partition coefficient (Wildman–Crippen LogP) is 2.89. The van der Waals surface area contributed by atoms with E-state index in [2.05, 4.69) is 20.4 Å². The summed E-state index contributed by atoms with van der Waals surface area (Å²) in [6.07, 6.45) is 3.71. The second kappa shape index (κ2) is 5.92. The Morgan fingerprint density at radius 3 is 3.00 bits per heavy atom. The third-order valence-electron chi connectivity index (χ3n) is 3.58. The average Bonchev–Trinajstić information content (AvgIpc) is 3.14. The molecule has 0 aliphatic heterocycles. The predicted molar refractivity (Wildman–Crippen MR) is 85.4 cm³/mol. The molecule has 1 amide bonds. The van der Waals surface area contributed by atoms with Crippen LogP contribution in [-0.2, 0) is 11.3 Å². The Kier molecular flexibility index (Phi) is 3.63. The second-order valence-electron chi connectivity index (χ2n) is 5.40. The van der Waals surface area contributed by atoms with Gasteiger partial charge in [-0.3, -0.25) is 9.78 Å². The normalized spacial score (nSPS) is 13.9. The lowest BCUT2D eigenvalue weighted by Crippen LogP contribution is -2.23. The third kappa shape index (κ3) is 3.14. The number of amides is 1. The standard InChI is InChI=1S/C16H14N4O2S/c21-15(10-4-5-10)18-9-11-6-7-13(23-11)14-19-16(22-20-14)12-3-1-2-8-17-12/h1-3,6-8,10H,4-5,9H2,(H,18,21). The zero-order chi connectivity index (χ0) is 15.6. The summed E-state index contributed by atoms with van der Waals surface area (Å²) in [4.78, 5) is 22.2. The molecule has 7 heteroatoms. The smallest absolute Gasteiger partial charge is 0.276 e. The molecule has 0 spiro atoms. The van der Waals surface area contributed by atoms with Crippen LogP contribution in [0.2, 0.25) is 0 Å². The molecule has 1 fully saturated rings. The fraction of sp³-hybridized carbons (Fsp3) is 0.250. The summed E-state index contributed by atoms with van der Waals surface area (Å²) in [7, 11) is 0. The van der Waals surface area contributed by atoms with Gasteiger partial charge in [-0.15, -0.1) is 11.3 Å². The summed E-state index contributed by atoms with van der Waals surface area (Å²) in [5, 5.41) is 6.96. The lowest BCUT2D eigenvalue weighted by molar-refractivity contribution is -0.122. The molecule has 6 nitrogen and oxygen atoms in total. The number of pyridine rings is 1. The van der Waals surface area contributed by atoms with Gasteiger partial charge in [-0.05, 0) is 37.1 Å². The number of nitrogens with one attached hydrogen (secondary N) is 1. The van der Waals surface area contributed by atoms with Crippen molar-refractivity contribution in [2.45, 2.75) is 19.4 Å². The van der Waals surface area contributed by atoms with Crippen LogP contribution >= 0.6 is 11.3 Å². The molecule has 3 aromatic heterocycles. The SMILES string of the molecule is O=C(NCc1ccc(-c2noc(-c3ccccn3)n2)s1)C1CC1. The molecule has 1 saturated carbocycles. The van der Waals surface area contributed by atoms with Crippen molar-refractivity contribution in [2.75, 3.05) is 0 Å². The minimum Gasteiger partial charge on any atom is -0.351 e. The molecule has 3 aromatic rings. The molecular formula is C16H14N4O2S. The number of hydrogen-bond acceptors (Lipinski definition) is 6. The monoisotopic (exact) mass is 326 g/mol. The summed E-state index contributed by atoms with van der Waals surface area (Å²) in [6.45, 7) is 0.547. The first-order valence-corrected chi connectivity index (χ1v) is 8.23. The molecule has 0 unspecified atom stereocenters. The first-order chi connectivity index (χ1) is 11.3. The molecule has 0 saturated heterocycles. The number of hydrogen-bond donors (Lipinski definition) is 1. The molecule has 1 aliphatic rings. The van der Waals surface area contributed by atoms with Gasteiger partial charge in [0.05, 0.1) is 11.4 Å². The Balaban J connectivity index is 1.46. The van der Waals surface area contributed by atoms with E-state index in [9.17, 15) is 4.79 Å². The number of thiophene rings is 1. The number of carbonyl (C=O) groups excluding carboxylic acids is 1. The quantitative estimate of drug-likeness (QED) is 0.779. The molecule has 23 heavy (non-hydrogen) atoms. The average molecular weight is 326 g/mol. The number of aromatic nitrogens is 3. The topological polar surface area (TPSA) is 80.9 Å². The molecule has 3 heterocycles. The first-order valence-electron chi connectivity index (χ1n) is 7.41. The summed E-state index contributed by atoms with van der Waals surface area (Å²) in [5.41, 5.74) is 0.653. The van der Waals surface area contributed by atoms with Crippen molar-refractivity contribution in [3.63, 3.8) is 0 Å². The van der Waals surface area contributed by atoms with Gasteiger partial charge in [0, 0.05) is 17.0 Å². The first kappa shape index (κ1) is 14.1. The van der Waals surface area contributed by atoms with E-state index < -0.39 is 0 Å². The molecule has 0 radical (unpaired) electrons. The van der Waals surface area contributed by atoms with E-state index in [0.717, 1.165) is 22.6 Å². The Morgan fingerprint density at radius 2 is 2.22 bits per heavy atom. The van der Waals surface area contributed by atoms with Crippen molar-refractivity contribution in [1.82, 2.24) is 20.4 Å². The highest BCUT2D eigenvalue weighted by Gasteiger charge is 2.29. The Labute approximate surface area is 136 Å². The lowest BCUT2D eigenvalue weighted by Gasteiger charge is -2.00. The zero-order valence-corrected chi connectivity index (χ0v) is 13.0. The van der Waals surface area contributed by atoms with Gasteiger partial charge in [-0.1, -0.05) is 11.2 Å². The molecule has 0 aromatic carbocycles. The van der Waals surface area contributed by atoms with Crippen molar-refractivity contribution < 1.29 is 9.32 Å². The van der Waals surface area contributed by atoms with Gasteiger partial charge in [0.1, 0.15) is 5.69 Å². The molecule has 1 N–H and O–H groups in total. The molecule has 0 bridgehead atoms.